The average Bonchev–Trinajstić information content (AvgIpc) is 2.21. The number of hydrogen-bond donors (Lipinski definition) is 1. The standard InChI is InChI=1S/C11H14Cl3N.ClH/c1-3-6(2)11(15)8-4-7(12)5-9(13)10(8)14;/h4-6,11H,3,15H2,1-2H3;1H/t6?,11-;/m0./s1. The highest BCUT2D eigenvalue weighted by Crippen LogP contribution is 2.35. The first-order valence-corrected chi connectivity index (χ1v) is 6.00. The topological polar surface area (TPSA) is 26.0 Å². The predicted molar refractivity (Wildman–Crippen MR) is 75.1 cm³/mol. The molecule has 16 heavy (non-hydrogen) atoms. The third-order valence-electron chi connectivity index (χ3n) is 2.64. The lowest BCUT2D eigenvalue weighted by Crippen LogP contribution is -2.19. The number of nitrogens with two attached hydrogens (primary N) is 1. The van der Waals surface area contributed by atoms with Crippen molar-refractivity contribution in [3.63, 3.8) is 0 Å². The van der Waals surface area contributed by atoms with Crippen molar-refractivity contribution in [1.82, 2.24) is 0 Å². The van der Waals surface area contributed by atoms with E-state index in [0.29, 0.717) is 21.0 Å². The molecule has 0 aliphatic rings. The van der Waals surface area contributed by atoms with Crippen LogP contribution in [0, 0.1) is 5.92 Å². The lowest BCUT2D eigenvalue weighted by Gasteiger charge is -2.20. The highest BCUT2D eigenvalue weighted by molar-refractivity contribution is 6.43. The van der Waals surface area contributed by atoms with Crippen molar-refractivity contribution in [2.75, 3.05) is 0 Å². The Hall–Kier alpha value is 0.340. The molecule has 92 valence electrons. The van der Waals surface area contributed by atoms with Crippen LogP contribution in [0.1, 0.15) is 31.9 Å². The van der Waals surface area contributed by atoms with Gasteiger partial charge in [-0.3, -0.25) is 0 Å². The van der Waals surface area contributed by atoms with E-state index in [1.807, 2.05) is 0 Å². The van der Waals surface area contributed by atoms with Crippen molar-refractivity contribution in [3.8, 4) is 0 Å². The number of rotatable bonds is 3. The predicted octanol–water partition coefficient (Wildman–Crippen LogP) is 5.11. The van der Waals surface area contributed by atoms with Gasteiger partial charge in [0.25, 0.3) is 0 Å². The van der Waals surface area contributed by atoms with Gasteiger partial charge in [0, 0.05) is 11.1 Å². The fourth-order valence-electron chi connectivity index (χ4n) is 1.38. The molecule has 0 fully saturated rings. The molecule has 1 unspecified atom stereocenters. The van der Waals surface area contributed by atoms with Crippen LogP contribution in [0.25, 0.3) is 0 Å². The molecule has 2 N–H and O–H groups in total. The highest BCUT2D eigenvalue weighted by atomic mass is 35.5. The Balaban J connectivity index is 0.00000225. The molecule has 1 rings (SSSR count). The molecule has 0 amide bonds. The third-order valence-corrected chi connectivity index (χ3v) is 3.67. The van der Waals surface area contributed by atoms with E-state index >= 15 is 0 Å². The van der Waals surface area contributed by atoms with Crippen LogP contribution in [0.15, 0.2) is 12.1 Å². The fraction of sp³-hybridized carbons (Fsp3) is 0.455. The summed E-state index contributed by atoms with van der Waals surface area (Å²) in [6.07, 6.45) is 0.988. The lowest BCUT2D eigenvalue weighted by atomic mass is 9.93. The van der Waals surface area contributed by atoms with Gasteiger partial charge < -0.3 is 5.73 Å². The second-order valence-electron chi connectivity index (χ2n) is 3.70. The Kier molecular flexibility index (Phi) is 7.07. The summed E-state index contributed by atoms with van der Waals surface area (Å²) in [5, 5.41) is 1.53. The quantitative estimate of drug-likeness (QED) is 0.771. The summed E-state index contributed by atoms with van der Waals surface area (Å²) < 4.78 is 0. The van der Waals surface area contributed by atoms with Gasteiger partial charge in [-0.05, 0) is 23.6 Å². The molecule has 1 nitrogen and oxygen atoms in total. The van der Waals surface area contributed by atoms with Gasteiger partial charge in [-0.2, -0.15) is 0 Å². The highest BCUT2D eigenvalue weighted by Gasteiger charge is 2.18. The van der Waals surface area contributed by atoms with E-state index in [2.05, 4.69) is 13.8 Å². The Labute approximate surface area is 118 Å². The van der Waals surface area contributed by atoms with E-state index in [-0.39, 0.29) is 18.4 Å². The van der Waals surface area contributed by atoms with Crippen LogP contribution in [-0.4, -0.2) is 0 Å². The third kappa shape index (κ3) is 3.68. The van der Waals surface area contributed by atoms with E-state index in [1.54, 1.807) is 12.1 Å². The zero-order valence-corrected chi connectivity index (χ0v) is 12.2. The summed E-state index contributed by atoms with van der Waals surface area (Å²) in [5.41, 5.74) is 6.91. The maximum atomic E-state index is 6.09. The maximum absolute atomic E-state index is 6.09. The number of hydrogen-bond acceptors (Lipinski definition) is 1. The lowest BCUT2D eigenvalue weighted by molar-refractivity contribution is 0.457. The van der Waals surface area contributed by atoms with Gasteiger partial charge in [-0.15, -0.1) is 12.4 Å². The molecule has 0 saturated carbocycles. The fourth-order valence-corrected chi connectivity index (χ4v) is 2.12. The Bertz CT molecular complexity index is 354. The van der Waals surface area contributed by atoms with Gasteiger partial charge in [-0.1, -0.05) is 55.1 Å². The van der Waals surface area contributed by atoms with Gasteiger partial charge in [0.15, 0.2) is 0 Å². The van der Waals surface area contributed by atoms with Crippen LogP contribution in [0.3, 0.4) is 0 Å². The van der Waals surface area contributed by atoms with Crippen molar-refractivity contribution in [2.45, 2.75) is 26.3 Å². The van der Waals surface area contributed by atoms with Gasteiger partial charge in [0.05, 0.1) is 10.0 Å². The first-order chi connectivity index (χ1) is 6.97. The van der Waals surface area contributed by atoms with Crippen LogP contribution in [0.2, 0.25) is 15.1 Å². The Morgan fingerprint density at radius 3 is 2.31 bits per heavy atom. The molecular formula is C11H15Cl4N. The average molecular weight is 303 g/mol. The summed E-state index contributed by atoms with van der Waals surface area (Å²) in [6.45, 7) is 4.17. The molecule has 0 radical (unpaired) electrons. The van der Waals surface area contributed by atoms with E-state index < -0.39 is 0 Å². The van der Waals surface area contributed by atoms with Crippen LogP contribution >= 0.6 is 47.2 Å². The molecule has 1 aromatic rings. The van der Waals surface area contributed by atoms with Crippen LogP contribution in [0.4, 0.5) is 0 Å². The molecule has 0 heterocycles. The van der Waals surface area contributed by atoms with E-state index in [0.717, 1.165) is 12.0 Å². The van der Waals surface area contributed by atoms with E-state index in [9.17, 15) is 0 Å². The van der Waals surface area contributed by atoms with Gasteiger partial charge >= 0.3 is 0 Å². The molecule has 2 atom stereocenters. The second-order valence-corrected chi connectivity index (χ2v) is 4.92. The minimum atomic E-state index is -0.126. The van der Waals surface area contributed by atoms with Crippen molar-refractivity contribution in [3.05, 3.63) is 32.8 Å². The van der Waals surface area contributed by atoms with Gasteiger partial charge in [0.2, 0.25) is 0 Å². The summed E-state index contributed by atoms with van der Waals surface area (Å²) in [5.74, 6) is 0.344. The first kappa shape index (κ1) is 16.3. The Morgan fingerprint density at radius 1 is 1.25 bits per heavy atom. The second kappa shape index (κ2) is 6.93. The van der Waals surface area contributed by atoms with Gasteiger partial charge in [0.1, 0.15) is 0 Å². The van der Waals surface area contributed by atoms with Crippen LogP contribution in [-0.2, 0) is 0 Å². The molecule has 1 aromatic carbocycles. The van der Waals surface area contributed by atoms with Crippen LogP contribution < -0.4 is 5.73 Å². The summed E-state index contributed by atoms with van der Waals surface area (Å²) in [4.78, 5) is 0. The Morgan fingerprint density at radius 2 is 1.81 bits per heavy atom. The minimum Gasteiger partial charge on any atom is -0.324 e. The summed E-state index contributed by atoms with van der Waals surface area (Å²) in [6, 6.07) is 3.28. The molecule has 0 aromatic heterocycles. The molecule has 0 aliphatic carbocycles. The van der Waals surface area contributed by atoms with E-state index in [1.165, 1.54) is 0 Å². The number of benzene rings is 1. The molecule has 5 heteroatoms. The smallest absolute Gasteiger partial charge is 0.0641 e. The van der Waals surface area contributed by atoms with Crippen LogP contribution in [0.5, 0.6) is 0 Å². The first-order valence-electron chi connectivity index (χ1n) is 4.87. The van der Waals surface area contributed by atoms with Crippen molar-refractivity contribution < 1.29 is 0 Å². The SMILES string of the molecule is CCC(C)[C@H](N)c1cc(Cl)cc(Cl)c1Cl.Cl. The van der Waals surface area contributed by atoms with Crippen molar-refractivity contribution >= 4 is 47.2 Å². The minimum absolute atomic E-state index is 0. The molecule has 0 spiro atoms. The summed E-state index contributed by atoms with van der Waals surface area (Å²) in [7, 11) is 0. The normalized spacial score (nSPS) is 14.1. The number of halogens is 4. The van der Waals surface area contributed by atoms with Crippen molar-refractivity contribution in [1.29, 1.82) is 0 Å². The summed E-state index contributed by atoms with van der Waals surface area (Å²) >= 11 is 17.9. The maximum Gasteiger partial charge on any atom is 0.0641 e. The molecule has 0 bridgehead atoms. The molecular weight excluding hydrogens is 288 g/mol. The molecule has 0 saturated heterocycles. The largest absolute Gasteiger partial charge is 0.324 e. The zero-order chi connectivity index (χ0) is 11.6. The zero-order valence-electron chi connectivity index (χ0n) is 9.14. The monoisotopic (exact) mass is 301 g/mol. The van der Waals surface area contributed by atoms with Crippen molar-refractivity contribution in [2.24, 2.45) is 11.7 Å². The van der Waals surface area contributed by atoms with E-state index in [4.69, 9.17) is 40.5 Å². The van der Waals surface area contributed by atoms with Gasteiger partial charge in [-0.25, -0.2) is 0 Å². The molecule has 0 aliphatic heterocycles.